The lowest BCUT2D eigenvalue weighted by atomic mass is 9.90. The lowest BCUT2D eigenvalue weighted by Crippen LogP contribution is -2.26. The van der Waals surface area contributed by atoms with Crippen LogP contribution in [0.15, 0.2) is 72.8 Å². The first-order valence-corrected chi connectivity index (χ1v) is 9.61. The van der Waals surface area contributed by atoms with E-state index in [0.717, 1.165) is 22.8 Å². The van der Waals surface area contributed by atoms with Crippen LogP contribution in [0.4, 0.5) is 0 Å². The number of hydrogen-bond donors (Lipinski definition) is 1. The summed E-state index contributed by atoms with van der Waals surface area (Å²) in [6.07, 6.45) is 2.23. The molecule has 0 saturated heterocycles. The number of hydroxylamine groups is 1. The number of nitrogens with zero attached hydrogens (tertiary/aromatic N) is 1. The highest BCUT2D eigenvalue weighted by Gasteiger charge is 2.14. The van der Waals surface area contributed by atoms with Crippen molar-refractivity contribution in [2.75, 3.05) is 0 Å². The van der Waals surface area contributed by atoms with Crippen LogP contribution < -0.4 is 5.48 Å². The molecule has 5 nitrogen and oxygen atoms in total. The average molecular weight is 386 g/mol. The molecule has 0 spiro atoms. The van der Waals surface area contributed by atoms with Crippen LogP contribution in [0.25, 0.3) is 10.8 Å². The Morgan fingerprint density at radius 1 is 0.931 bits per heavy atom. The van der Waals surface area contributed by atoms with Gasteiger partial charge in [0.2, 0.25) is 0 Å². The smallest absolute Gasteiger partial charge is 0.335 e. The average Bonchev–Trinajstić information content (AvgIpc) is 2.78. The Morgan fingerprint density at radius 2 is 1.66 bits per heavy atom. The van der Waals surface area contributed by atoms with E-state index < -0.39 is 5.97 Å². The van der Waals surface area contributed by atoms with Gasteiger partial charge in [0.1, 0.15) is 0 Å². The Hall–Kier alpha value is -3.65. The van der Waals surface area contributed by atoms with Gasteiger partial charge in [0, 0.05) is 6.42 Å². The predicted octanol–water partition coefficient (Wildman–Crippen LogP) is 4.90. The summed E-state index contributed by atoms with van der Waals surface area (Å²) >= 11 is 0. The Morgan fingerprint density at radius 3 is 2.45 bits per heavy atom. The van der Waals surface area contributed by atoms with E-state index in [0.29, 0.717) is 18.4 Å². The number of carbonyl (C=O) groups is 2. The second kappa shape index (κ2) is 10.0. The number of amides is 1. The zero-order valence-electron chi connectivity index (χ0n) is 16.0. The molecule has 0 aliphatic rings. The van der Waals surface area contributed by atoms with Gasteiger partial charge in [0.15, 0.2) is 0 Å². The molecule has 0 aromatic heterocycles. The van der Waals surface area contributed by atoms with Crippen molar-refractivity contribution < 1.29 is 14.4 Å². The van der Waals surface area contributed by atoms with E-state index in [4.69, 9.17) is 4.84 Å². The molecule has 0 aliphatic carbocycles. The van der Waals surface area contributed by atoms with Gasteiger partial charge in [-0.05, 0) is 41.3 Å². The highest BCUT2D eigenvalue weighted by molar-refractivity contribution is 5.90. The molecule has 5 heteroatoms. The van der Waals surface area contributed by atoms with Crippen LogP contribution >= 0.6 is 0 Å². The Labute approximate surface area is 169 Å². The molecule has 146 valence electrons. The van der Waals surface area contributed by atoms with Crippen molar-refractivity contribution in [2.24, 2.45) is 0 Å². The molecule has 3 rings (SSSR count). The van der Waals surface area contributed by atoms with Crippen molar-refractivity contribution in [3.05, 3.63) is 83.9 Å². The van der Waals surface area contributed by atoms with Gasteiger partial charge < -0.3 is 4.84 Å². The molecule has 3 aromatic carbocycles. The van der Waals surface area contributed by atoms with Gasteiger partial charge in [-0.3, -0.25) is 4.79 Å². The fraction of sp³-hybridized carbons (Fsp3) is 0.208. The van der Waals surface area contributed by atoms with Crippen LogP contribution in [-0.4, -0.2) is 11.9 Å². The van der Waals surface area contributed by atoms with Gasteiger partial charge >= 0.3 is 5.97 Å². The summed E-state index contributed by atoms with van der Waals surface area (Å²) in [7, 11) is 0. The molecular formula is C24H22N2O3. The molecule has 0 fully saturated rings. The molecular weight excluding hydrogens is 364 g/mol. The number of carbonyl (C=O) groups excluding carboxylic acids is 2. The molecule has 1 N–H and O–H groups in total. The summed E-state index contributed by atoms with van der Waals surface area (Å²) in [4.78, 5) is 28.5. The molecule has 1 amide bonds. The van der Waals surface area contributed by atoms with Gasteiger partial charge in [0.05, 0.1) is 17.6 Å². The van der Waals surface area contributed by atoms with Crippen LogP contribution in [0.1, 0.15) is 47.5 Å². The van der Waals surface area contributed by atoms with Gasteiger partial charge in [-0.2, -0.15) is 10.7 Å². The fourth-order valence-electron chi connectivity index (χ4n) is 3.27. The highest BCUT2D eigenvalue weighted by Crippen LogP contribution is 2.28. The maximum absolute atomic E-state index is 11.9. The highest BCUT2D eigenvalue weighted by atomic mass is 16.7. The Balaban J connectivity index is 1.45. The summed E-state index contributed by atoms with van der Waals surface area (Å²) in [5.41, 5.74) is 3.58. The molecule has 0 bridgehead atoms. The number of nitrogens with one attached hydrogen (secondary N) is 1. The molecule has 3 aromatic rings. The lowest BCUT2D eigenvalue weighted by Gasteiger charge is -2.12. The number of rotatable bonds is 7. The minimum atomic E-state index is -0.598. The van der Waals surface area contributed by atoms with Crippen molar-refractivity contribution >= 4 is 22.6 Å². The lowest BCUT2D eigenvalue weighted by molar-refractivity contribution is -0.130. The van der Waals surface area contributed by atoms with E-state index >= 15 is 0 Å². The summed E-state index contributed by atoms with van der Waals surface area (Å²) in [5.74, 6) is -1.17. The van der Waals surface area contributed by atoms with Crippen LogP contribution in [0.3, 0.4) is 0 Å². The van der Waals surface area contributed by atoms with Gasteiger partial charge in [-0.1, -0.05) is 67.1 Å². The maximum atomic E-state index is 11.9. The van der Waals surface area contributed by atoms with Crippen LogP contribution in [0.2, 0.25) is 0 Å². The standard InChI is InChI=1S/C24H22N2O3/c25-17-20(22-15-8-13-18-9-4-6-14-21(18)22)12-5-7-16-23(27)26-29-24(28)19-10-2-1-3-11-19/h1-4,6,8-11,13-15,20H,5,7,12,16H2,(H,26,27). The largest absolute Gasteiger partial charge is 0.362 e. The first-order valence-electron chi connectivity index (χ1n) is 9.61. The third-order valence-electron chi connectivity index (χ3n) is 4.77. The van der Waals surface area contributed by atoms with Gasteiger partial charge in [0.25, 0.3) is 5.91 Å². The Bertz CT molecular complexity index is 1020. The van der Waals surface area contributed by atoms with E-state index in [1.54, 1.807) is 30.3 Å². The van der Waals surface area contributed by atoms with Gasteiger partial charge in [-0.15, -0.1) is 0 Å². The number of unbranched alkanes of at least 4 members (excludes halogenated alkanes) is 1. The maximum Gasteiger partial charge on any atom is 0.362 e. The van der Waals surface area contributed by atoms with Crippen molar-refractivity contribution in [3.8, 4) is 6.07 Å². The van der Waals surface area contributed by atoms with Crippen LogP contribution in [-0.2, 0) is 9.63 Å². The van der Waals surface area contributed by atoms with Crippen LogP contribution in [0.5, 0.6) is 0 Å². The van der Waals surface area contributed by atoms with E-state index in [1.165, 1.54) is 0 Å². The van der Waals surface area contributed by atoms with E-state index in [2.05, 4.69) is 11.5 Å². The molecule has 0 saturated carbocycles. The summed E-state index contributed by atoms with van der Waals surface area (Å²) < 4.78 is 0. The number of nitriles is 1. The molecule has 0 aliphatic heterocycles. The topological polar surface area (TPSA) is 79.2 Å². The quantitative estimate of drug-likeness (QED) is 0.463. The fourth-order valence-corrected chi connectivity index (χ4v) is 3.27. The SMILES string of the molecule is N#CC(CCCCC(=O)NOC(=O)c1ccccc1)c1cccc2ccccc12. The summed E-state index contributed by atoms with van der Waals surface area (Å²) in [6.45, 7) is 0. The zero-order valence-corrected chi connectivity index (χ0v) is 16.0. The van der Waals surface area contributed by atoms with E-state index in [1.807, 2.05) is 42.5 Å². The summed E-state index contributed by atoms with van der Waals surface area (Å²) in [6, 6.07) is 24.9. The molecule has 29 heavy (non-hydrogen) atoms. The molecule has 1 unspecified atom stereocenters. The second-order valence-electron chi connectivity index (χ2n) is 6.78. The van der Waals surface area contributed by atoms with Gasteiger partial charge in [-0.25, -0.2) is 4.79 Å². The third-order valence-corrected chi connectivity index (χ3v) is 4.77. The normalized spacial score (nSPS) is 11.4. The van der Waals surface area contributed by atoms with E-state index in [-0.39, 0.29) is 18.2 Å². The summed E-state index contributed by atoms with van der Waals surface area (Å²) in [5, 5.41) is 11.8. The van der Waals surface area contributed by atoms with Crippen LogP contribution in [0, 0.1) is 11.3 Å². The van der Waals surface area contributed by atoms with Crippen molar-refractivity contribution in [2.45, 2.75) is 31.6 Å². The van der Waals surface area contributed by atoms with Crippen molar-refractivity contribution in [1.29, 1.82) is 5.26 Å². The monoisotopic (exact) mass is 386 g/mol. The number of fused-ring (bicyclic) bond motifs is 1. The molecule has 1 atom stereocenters. The first kappa shape index (κ1) is 20.1. The first-order chi connectivity index (χ1) is 14.2. The predicted molar refractivity (Wildman–Crippen MR) is 111 cm³/mol. The van der Waals surface area contributed by atoms with Crippen molar-refractivity contribution in [1.82, 2.24) is 5.48 Å². The minimum absolute atomic E-state index is 0.222. The molecule has 0 radical (unpaired) electrons. The number of hydrogen-bond acceptors (Lipinski definition) is 4. The second-order valence-corrected chi connectivity index (χ2v) is 6.78. The zero-order chi connectivity index (χ0) is 20.5. The third kappa shape index (κ3) is 5.43. The van der Waals surface area contributed by atoms with E-state index in [9.17, 15) is 14.9 Å². The Kier molecular flexibility index (Phi) is 6.96. The number of benzene rings is 3. The van der Waals surface area contributed by atoms with Crippen molar-refractivity contribution in [3.63, 3.8) is 0 Å². The minimum Gasteiger partial charge on any atom is -0.335 e. The molecule has 0 heterocycles.